The molecule has 0 aliphatic carbocycles. The van der Waals surface area contributed by atoms with Gasteiger partial charge in [0.25, 0.3) is 0 Å². The summed E-state index contributed by atoms with van der Waals surface area (Å²) in [5.41, 5.74) is 11.0. The van der Waals surface area contributed by atoms with Crippen LogP contribution in [-0.4, -0.2) is 39.2 Å². The Morgan fingerprint density at radius 1 is 1.19 bits per heavy atom. The number of hydrogen-bond acceptors (Lipinski definition) is 3. The fourth-order valence-electron chi connectivity index (χ4n) is 4.44. The Hall–Kier alpha value is -3.02. The van der Waals surface area contributed by atoms with Gasteiger partial charge in [0.15, 0.2) is 0 Å². The number of carbonyl (C=O) groups is 1. The van der Waals surface area contributed by atoms with Gasteiger partial charge in [-0.1, -0.05) is 12.1 Å². The van der Waals surface area contributed by atoms with Crippen molar-refractivity contribution >= 4 is 11.5 Å². The highest BCUT2D eigenvalue weighted by molar-refractivity contribution is 5.72. The van der Waals surface area contributed by atoms with Crippen LogP contribution < -0.4 is 10.5 Å². The highest BCUT2D eigenvalue weighted by Gasteiger charge is 2.42. The van der Waals surface area contributed by atoms with Crippen molar-refractivity contribution in [3.8, 4) is 16.9 Å². The molecule has 1 saturated heterocycles. The van der Waals surface area contributed by atoms with E-state index in [1.807, 2.05) is 16.8 Å². The van der Waals surface area contributed by atoms with Crippen molar-refractivity contribution in [3.63, 3.8) is 0 Å². The minimum Gasteiger partial charge on any atom is -0.487 e. The molecule has 6 heteroatoms. The topological polar surface area (TPSA) is 72.9 Å². The molecule has 1 fully saturated rings. The van der Waals surface area contributed by atoms with E-state index >= 15 is 0 Å². The number of hydrogen-bond donors (Lipinski definition) is 1. The lowest BCUT2D eigenvalue weighted by atomic mass is 9.86. The molecule has 0 bridgehead atoms. The Morgan fingerprint density at radius 3 is 2.78 bits per heavy atom. The lowest BCUT2D eigenvalue weighted by molar-refractivity contribution is 0.0314. The van der Waals surface area contributed by atoms with Gasteiger partial charge in [-0.2, -0.15) is 5.10 Å². The van der Waals surface area contributed by atoms with Crippen molar-refractivity contribution in [2.24, 2.45) is 5.73 Å². The monoisotopic (exact) mass is 362 g/mol. The van der Waals surface area contributed by atoms with Crippen LogP contribution in [0.4, 0.5) is 4.79 Å². The van der Waals surface area contributed by atoms with Gasteiger partial charge in [-0.25, -0.2) is 9.31 Å². The number of piperidine rings is 1. The van der Waals surface area contributed by atoms with Crippen molar-refractivity contribution in [3.05, 3.63) is 53.9 Å². The Morgan fingerprint density at radius 2 is 2.00 bits per heavy atom. The van der Waals surface area contributed by atoms with Crippen molar-refractivity contribution in [1.82, 2.24) is 14.5 Å². The van der Waals surface area contributed by atoms with E-state index in [2.05, 4.69) is 42.4 Å². The third-order valence-electron chi connectivity index (χ3n) is 6.00. The number of ether oxygens (including phenoxy) is 1. The van der Waals surface area contributed by atoms with Gasteiger partial charge in [0.2, 0.25) is 0 Å². The summed E-state index contributed by atoms with van der Waals surface area (Å²) in [4.78, 5) is 13.1. The van der Waals surface area contributed by atoms with E-state index in [4.69, 9.17) is 10.5 Å². The van der Waals surface area contributed by atoms with Gasteiger partial charge in [0.1, 0.15) is 11.4 Å². The van der Waals surface area contributed by atoms with Crippen LogP contribution in [-0.2, 0) is 6.42 Å². The number of aryl methyl sites for hydroxylation is 1. The largest absolute Gasteiger partial charge is 0.487 e. The molecule has 138 valence electrons. The predicted molar refractivity (Wildman–Crippen MR) is 103 cm³/mol. The zero-order valence-electron chi connectivity index (χ0n) is 15.3. The van der Waals surface area contributed by atoms with Crippen molar-refractivity contribution in [1.29, 1.82) is 0 Å². The molecule has 2 aromatic heterocycles. The quantitative estimate of drug-likeness (QED) is 0.723. The fraction of sp³-hybridized carbons (Fsp3) is 0.333. The third kappa shape index (κ3) is 2.55. The van der Waals surface area contributed by atoms with Crippen LogP contribution in [0.2, 0.25) is 0 Å². The smallest absolute Gasteiger partial charge is 0.314 e. The number of amides is 2. The zero-order valence-corrected chi connectivity index (χ0v) is 15.3. The van der Waals surface area contributed by atoms with Gasteiger partial charge >= 0.3 is 6.03 Å². The molecule has 5 rings (SSSR count). The molecule has 2 N–H and O–H groups in total. The van der Waals surface area contributed by atoms with E-state index in [0.717, 1.165) is 36.2 Å². The summed E-state index contributed by atoms with van der Waals surface area (Å²) in [6, 6.07) is 12.4. The molecule has 6 nitrogen and oxygen atoms in total. The van der Waals surface area contributed by atoms with Crippen molar-refractivity contribution < 1.29 is 9.53 Å². The van der Waals surface area contributed by atoms with E-state index in [1.54, 1.807) is 4.90 Å². The Kier molecular flexibility index (Phi) is 3.44. The molecule has 2 amide bonds. The van der Waals surface area contributed by atoms with Gasteiger partial charge in [-0.05, 0) is 42.3 Å². The average molecular weight is 362 g/mol. The van der Waals surface area contributed by atoms with Gasteiger partial charge in [-0.3, -0.25) is 0 Å². The summed E-state index contributed by atoms with van der Waals surface area (Å²) < 4.78 is 8.32. The molecule has 1 aromatic carbocycles. The van der Waals surface area contributed by atoms with E-state index < -0.39 is 0 Å². The highest BCUT2D eigenvalue weighted by atomic mass is 16.5. The van der Waals surface area contributed by atoms with Gasteiger partial charge in [0.05, 0.1) is 5.52 Å². The van der Waals surface area contributed by atoms with Crippen LogP contribution in [0.15, 0.2) is 42.6 Å². The average Bonchev–Trinajstić information content (AvgIpc) is 3.26. The molecular weight excluding hydrogens is 340 g/mol. The molecule has 0 saturated carbocycles. The summed E-state index contributed by atoms with van der Waals surface area (Å²) in [5.74, 6) is 0.962. The van der Waals surface area contributed by atoms with Crippen LogP contribution in [0.25, 0.3) is 16.6 Å². The maximum Gasteiger partial charge on any atom is 0.314 e. The number of rotatable bonds is 1. The minimum absolute atomic E-state index is 0.201. The molecule has 27 heavy (non-hydrogen) atoms. The summed E-state index contributed by atoms with van der Waals surface area (Å²) in [6.45, 7) is 3.41. The SMILES string of the molecule is Cc1c(-c2ccc3c(c2)CC2(CCN(C(N)=O)CC2)O3)ccc2ccnn12. The van der Waals surface area contributed by atoms with Crippen LogP contribution >= 0.6 is 0 Å². The Balaban J connectivity index is 1.44. The van der Waals surface area contributed by atoms with Crippen molar-refractivity contribution in [2.45, 2.75) is 31.8 Å². The summed E-state index contributed by atoms with van der Waals surface area (Å²) >= 11 is 0. The molecular formula is C21H22N4O2. The van der Waals surface area contributed by atoms with E-state index in [-0.39, 0.29) is 11.6 Å². The second-order valence-electron chi connectivity index (χ2n) is 7.61. The maximum atomic E-state index is 11.4. The third-order valence-corrected chi connectivity index (χ3v) is 6.00. The molecule has 0 unspecified atom stereocenters. The van der Waals surface area contributed by atoms with Crippen LogP contribution in [0.5, 0.6) is 5.75 Å². The number of primary amides is 1. The molecule has 4 heterocycles. The molecule has 0 atom stereocenters. The van der Waals surface area contributed by atoms with Gasteiger partial charge in [0, 0.05) is 49.8 Å². The van der Waals surface area contributed by atoms with E-state index in [1.165, 1.54) is 16.7 Å². The van der Waals surface area contributed by atoms with Gasteiger partial charge < -0.3 is 15.4 Å². The number of pyridine rings is 1. The number of nitrogens with two attached hydrogens (primary N) is 1. The fourth-order valence-corrected chi connectivity index (χ4v) is 4.44. The lowest BCUT2D eigenvalue weighted by Gasteiger charge is -2.37. The first-order valence-corrected chi connectivity index (χ1v) is 9.35. The Bertz CT molecular complexity index is 1050. The van der Waals surface area contributed by atoms with Crippen molar-refractivity contribution in [2.75, 3.05) is 13.1 Å². The number of benzene rings is 1. The predicted octanol–water partition coefficient (Wildman–Crippen LogP) is 3.16. The molecule has 3 aromatic rings. The number of aromatic nitrogens is 2. The number of carbonyl (C=O) groups excluding carboxylic acids is 1. The summed E-state index contributed by atoms with van der Waals surface area (Å²) in [5, 5.41) is 4.42. The first-order valence-electron chi connectivity index (χ1n) is 9.35. The minimum atomic E-state index is -0.341. The maximum absolute atomic E-state index is 11.4. The first kappa shape index (κ1) is 16.2. The second-order valence-corrected chi connectivity index (χ2v) is 7.61. The second kappa shape index (κ2) is 5.74. The van der Waals surface area contributed by atoms with Gasteiger partial charge in [-0.15, -0.1) is 0 Å². The number of nitrogens with zero attached hydrogens (tertiary/aromatic N) is 3. The molecule has 1 spiro atoms. The zero-order chi connectivity index (χ0) is 18.6. The molecule has 2 aliphatic heterocycles. The number of fused-ring (bicyclic) bond motifs is 2. The normalized spacial score (nSPS) is 17.9. The van der Waals surface area contributed by atoms with Crippen LogP contribution in [0, 0.1) is 6.92 Å². The summed E-state index contributed by atoms with van der Waals surface area (Å²) in [6.07, 6.45) is 4.34. The standard InChI is InChI=1S/C21H22N4O2/c1-14-18(4-3-17-6-9-23-25(14)17)15-2-5-19-16(12-15)13-21(27-19)7-10-24(11-8-21)20(22)26/h2-6,9,12H,7-8,10-11,13H2,1H3,(H2,22,26). The van der Waals surface area contributed by atoms with E-state index in [9.17, 15) is 4.79 Å². The number of urea groups is 1. The highest BCUT2D eigenvalue weighted by Crippen LogP contribution is 2.42. The number of likely N-dealkylation sites (tertiary alicyclic amines) is 1. The molecule has 2 aliphatic rings. The lowest BCUT2D eigenvalue weighted by Crippen LogP contribution is -2.50. The van der Waals surface area contributed by atoms with Crippen LogP contribution in [0.3, 0.4) is 0 Å². The van der Waals surface area contributed by atoms with E-state index in [0.29, 0.717) is 13.1 Å². The summed E-state index contributed by atoms with van der Waals surface area (Å²) in [7, 11) is 0. The first-order chi connectivity index (χ1) is 13.0. The van der Waals surface area contributed by atoms with Crippen LogP contribution in [0.1, 0.15) is 24.1 Å². The molecule has 0 radical (unpaired) electrons. The Labute approximate surface area is 157 Å².